The molecule has 5 heteroatoms. The van der Waals surface area contributed by atoms with Crippen molar-refractivity contribution in [2.75, 3.05) is 5.75 Å². The molecular formula is C22H32CdO3S. The molecule has 0 aliphatic heterocycles. The van der Waals surface area contributed by atoms with Crippen LogP contribution in [0.5, 0.6) is 5.75 Å². The van der Waals surface area contributed by atoms with Gasteiger partial charge in [0.15, 0.2) is 0 Å². The Morgan fingerprint density at radius 2 is 1.30 bits per heavy atom. The van der Waals surface area contributed by atoms with E-state index in [0.29, 0.717) is 12.2 Å². The van der Waals surface area contributed by atoms with E-state index in [-0.39, 0.29) is 33.1 Å². The van der Waals surface area contributed by atoms with Crippen molar-refractivity contribution in [2.24, 2.45) is 0 Å². The van der Waals surface area contributed by atoms with Crippen LogP contribution in [-0.4, -0.2) is 14.2 Å². The molecular weight excluding hydrogens is 457 g/mol. The third-order valence-electron chi connectivity index (χ3n) is 4.71. The Balaban J connectivity index is 0.00000364. The van der Waals surface area contributed by atoms with Crippen molar-refractivity contribution in [1.29, 1.82) is 0 Å². The van der Waals surface area contributed by atoms with Crippen molar-refractivity contribution < 1.29 is 39.9 Å². The zero-order valence-electron chi connectivity index (χ0n) is 16.7. The minimum atomic E-state index is -3.53. The van der Waals surface area contributed by atoms with Crippen LogP contribution in [0.2, 0.25) is 0 Å². The normalized spacial score (nSPS) is 11.3. The molecule has 0 aromatic heterocycles. The van der Waals surface area contributed by atoms with Gasteiger partial charge in [0.1, 0.15) is 5.75 Å². The van der Waals surface area contributed by atoms with Crippen LogP contribution in [0.15, 0.2) is 42.5 Å². The smallest absolute Gasteiger partial charge is 0.309 e. The van der Waals surface area contributed by atoms with E-state index < -0.39 is 10.1 Å². The summed E-state index contributed by atoms with van der Waals surface area (Å²) in [4.78, 5) is 0. The van der Waals surface area contributed by atoms with Crippen LogP contribution in [0, 0.1) is 0 Å². The van der Waals surface area contributed by atoms with Gasteiger partial charge in [-0.2, -0.15) is 8.42 Å². The van der Waals surface area contributed by atoms with Crippen molar-refractivity contribution in [3.05, 3.63) is 42.5 Å². The Morgan fingerprint density at radius 1 is 0.741 bits per heavy atom. The van der Waals surface area contributed by atoms with Crippen molar-refractivity contribution in [1.82, 2.24) is 0 Å². The molecule has 0 saturated carbocycles. The summed E-state index contributed by atoms with van der Waals surface area (Å²) in [7, 11) is -3.53. The summed E-state index contributed by atoms with van der Waals surface area (Å²) in [5.74, 6) is 0.516. The van der Waals surface area contributed by atoms with E-state index in [1.54, 1.807) is 6.07 Å². The maximum absolute atomic E-state index is 12.3. The first-order valence-corrected chi connectivity index (χ1v) is 11.6. The van der Waals surface area contributed by atoms with Crippen LogP contribution < -0.4 is 4.18 Å². The molecule has 0 saturated heterocycles. The number of benzene rings is 2. The van der Waals surface area contributed by atoms with Crippen LogP contribution in [0.3, 0.4) is 0 Å². The summed E-state index contributed by atoms with van der Waals surface area (Å²) in [6.07, 6.45) is 11.8. The summed E-state index contributed by atoms with van der Waals surface area (Å²) in [5, 5.41) is 1.82. The summed E-state index contributed by atoms with van der Waals surface area (Å²) in [6, 6.07) is 13.2. The van der Waals surface area contributed by atoms with Gasteiger partial charge in [0.25, 0.3) is 0 Å². The van der Waals surface area contributed by atoms with Gasteiger partial charge in [-0.3, -0.25) is 0 Å². The van der Waals surface area contributed by atoms with E-state index in [9.17, 15) is 8.42 Å². The summed E-state index contributed by atoms with van der Waals surface area (Å²) < 4.78 is 29.9. The molecule has 0 spiro atoms. The van der Waals surface area contributed by atoms with Crippen molar-refractivity contribution in [2.45, 2.75) is 71.1 Å². The van der Waals surface area contributed by atoms with Gasteiger partial charge >= 0.3 is 10.1 Å². The summed E-state index contributed by atoms with van der Waals surface area (Å²) in [5.41, 5.74) is 0. The second-order valence-corrected chi connectivity index (χ2v) is 8.69. The number of unbranched alkanes of at least 4 members (excludes halogenated alkanes) is 9. The maximum atomic E-state index is 12.3. The average Bonchev–Trinajstić information content (AvgIpc) is 2.63. The van der Waals surface area contributed by atoms with E-state index in [1.165, 1.54) is 44.9 Å². The first kappa shape index (κ1) is 24.4. The number of hydrogen-bond donors (Lipinski definition) is 0. The van der Waals surface area contributed by atoms with E-state index in [4.69, 9.17) is 4.18 Å². The summed E-state index contributed by atoms with van der Waals surface area (Å²) in [6.45, 7) is 2.23. The third-order valence-corrected chi connectivity index (χ3v) is 5.94. The van der Waals surface area contributed by atoms with E-state index >= 15 is 0 Å². The minimum Gasteiger partial charge on any atom is -0.382 e. The Bertz CT molecular complexity index is 754. The molecule has 3 nitrogen and oxygen atoms in total. The fourth-order valence-corrected chi connectivity index (χ4v) is 4.27. The predicted octanol–water partition coefficient (Wildman–Crippen LogP) is 6.47. The van der Waals surface area contributed by atoms with E-state index in [2.05, 4.69) is 6.92 Å². The second-order valence-electron chi connectivity index (χ2n) is 7.00. The predicted molar refractivity (Wildman–Crippen MR) is 110 cm³/mol. The van der Waals surface area contributed by atoms with Gasteiger partial charge in [0.05, 0.1) is 5.75 Å². The van der Waals surface area contributed by atoms with Crippen molar-refractivity contribution in [3.8, 4) is 5.75 Å². The van der Waals surface area contributed by atoms with Gasteiger partial charge in [0, 0.05) is 32.7 Å². The molecule has 0 bridgehead atoms. The Morgan fingerprint density at radius 3 is 1.96 bits per heavy atom. The van der Waals surface area contributed by atoms with E-state index in [1.807, 2.05) is 36.4 Å². The fraction of sp³-hybridized carbons (Fsp3) is 0.545. The monoisotopic (exact) mass is 490 g/mol. The molecule has 0 heterocycles. The molecule has 0 N–H and O–H groups in total. The molecule has 2 rings (SSSR count). The van der Waals surface area contributed by atoms with Crippen LogP contribution in [0.4, 0.5) is 0 Å². The zero-order valence-corrected chi connectivity index (χ0v) is 21.5. The van der Waals surface area contributed by atoms with E-state index in [0.717, 1.165) is 23.6 Å². The standard InChI is InChI=1S/C22H32O3S.Cd/c1-2-3-4-5-6-7-8-9-10-13-19-26(23,24)25-22-18-14-16-20-15-11-12-17-21(20)22;/h11-12,14-18H,2-10,13,19H2,1H3;. The fourth-order valence-electron chi connectivity index (χ4n) is 3.21. The zero-order chi connectivity index (χ0) is 18.7. The van der Waals surface area contributed by atoms with Crippen LogP contribution in [0.1, 0.15) is 71.1 Å². The molecule has 27 heavy (non-hydrogen) atoms. The molecule has 0 fully saturated rings. The minimum absolute atomic E-state index is 0. The number of rotatable bonds is 13. The first-order valence-electron chi connectivity index (χ1n) is 10.0. The average molecular weight is 489 g/mol. The molecule has 0 radical (unpaired) electrons. The SMILES string of the molecule is CCCCCCCCCCCCS(=O)(=O)Oc1cccc2ccccc12.[Cd]. The summed E-state index contributed by atoms with van der Waals surface area (Å²) >= 11 is 0. The number of fused-ring (bicyclic) bond motifs is 1. The van der Waals surface area contributed by atoms with Crippen molar-refractivity contribution in [3.63, 3.8) is 0 Å². The second kappa shape index (κ2) is 13.5. The van der Waals surface area contributed by atoms with Crippen molar-refractivity contribution >= 4 is 20.9 Å². The van der Waals surface area contributed by atoms with Gasteiger partial charge in [-0.1, -0.05) is 101 Å². The molecule has 2 aromatic rings. The Labute approximate surface area is 185 Å². The first-order chi connectivity index (χ1) is 12.6. The van der Waals surface area contributed by atoms with Crippen LogP contribution >= 0.6 is 0 Å². The largest absolute Gasteiger partial charge is 0.382 e. The Hall–Kier alpha value is -0.628. The molecule has 0 aliphatic rings. The molecule has 2 aromatic carbocycles. The van der Waals surface area contributed by atoms with Crippen LogP contribution in [-0.2, 0) is 37.4 Å². The molecule has 0 amide bonds. The quantitative estimate of drug-likeness (QED) is 0.184. The maximum Gasteiger partial charge on any atom is 0.309 e. The number of hydrogen-bond acceptors (Lipinski definition) is 3. The topological polar surface area (TPSA) is 43.4 Å². The van der Waals surface area contributed by atoms with Gasteiger partial charge in [0.2, 0.25) is 0 Å². The van der Waals surface area contributed by atoms with Crippen LogP contribution in [0.25, 0.3) is 10.8 Å². The Kier molecular flexibility index (Phi) is 12.2. The third kappa shape index (κ3) is 9.41. The molecule has 0 atom stereocenters. The molecule has 146 valence electrons. The molecule has 0 aliphatic carbocycles. The van der Waals surface area contributed by atoms with Gasteiger partial charge in [-0.25, -0.2) is 0 Å². The molecule has 0 unspecified atom stereocenters. The van der Waals surface area contributed by atoms with Gasteiger partial charge in [-0.15, -0.1) is 0 Å². The van der Waals surface area contributed by atoms with Gasteiger partial charge < -0.3 is 4.18 Å². The van der Waals surface area contributed by atoms with Gasteiger partial charge in [-0.05, 0) is 17.9 Å².